The number of rotatable bonds is 2. The largest absolute Gasteiger partial charge is 0.479 e. The fourth-order valence-corrected chi connectivity index (χ4v) is 2.70. The van der Waals surface area contributed by atoms with Crippen LogP contribution in [0, 0.1) is 0 Å². The van der Waals surface area contributed by atoms with Gasteiger partial charge in [-0.25, -0.2) is 4.98 Å². The lowest BCUT2D eigenvalue weighted by Crippen LogP contribution is -1.82. The summed E-state index contributed by atoms with van der Waals surface area (Å²) in [7, 11) is 0. The monoisotopic (exact) mass is 366 g/mol. The Hall–Kier alpha value is -2.66. The molecule has 23 heavy (non-hydrogen) atoms. The zero-order valence-corrected chi connectivity index (χ0v) is 13.5. The third-order valence-corrected chi connectivity index (χ3v) is 4.10. The van der Waals surface area contributed by atoms with Gasteiger partial charge in [-0.05, 0) is 36.4 Å². The summed E-state index contributed by atoms with van der Waals surface area (Å²) in [5.74, 6) is 0.179. The first-order chi connectivity index (χ1) is 11.2. The summed E-state index contributed by atoms with van der Waals surface area (Å²) in [4.78, 5) is 8.72. The topological polar surface area (TPSA) is 58.6 Å². The fraction of sp³-hybridized carbons (Fsp3) is 0. The van der Waals surface area contributed by atoms with Crippen molar-refractivity contribution in [1.82, 2.24) is 4.98 Å². The number of fused-ring (bicyclic) bond motifs is 1. The second kappa shape index (κ2) is 5.52. The Morgan fingerprint density at radius 3 is 2.65 bits per heavy atom. The van der Waals surface area contributed by atoms with Crippen molar-refractivity contribution in [1.29, 1.82) is 0 Å². The Balaban J connectivity index is 1.73. The van der Waals surface area contributed by atoms with E-state index in [4.69, 9.17) is 4.42 Å². The lowest BCUT2D eigenvalue weighted by molar-refractivity contribution is 0.336. The van der Waals surface area contributed by atoms with E-state index in [1.165, 1.54) is 0 Å². The van der Waals surface area contributed by atoms with Gasteiger partial charge in [0.25, 0.3) is 0 Å². The molecule has 0 unspecified atom stereocenters. The van der Waals surface area contributed by atoms with Crippen LogP contribution < -0.4 is 0 Å². The second-order valence-corrected chi connectivity index (χ2v) is 6.01. The molecule has 2 aromatic carbocycles. The number of halogens is 1. The molecule has 4 nitrogen and oxygen atoms in total. The number of oxazole rings is 1. The molecule has 1 aromatic heterocycles. The number of hydrogen-bond acceptors (Lipinski definition) is 4. The Bertz CT molecular complexity index is 940. The Labute approximate surface area is 141 Å². The third-order valence-electron chi connectivity index (χ3n) is 3.58. The molecule has 0 spiro atoms. The summed E-state index contributed by atoms with van der Waals surface area (Å²) < 4.78 is 6.35. The van der Waals surface area contributed by atoms with Crippen LogP contribution in [0.15, 0.2) is 62.4 Å². The first kappa shape index (κ1) is 14.0. The molecular weight excluding hydrogens is 356 g/mol. The Morgan fingerprint density at radius 2 is 1.83 bits per heavy atom. The molecule has 2 heterocycles. The molecule has 112 valence electrons. The standard InChI is InChI=1S/C18H11BrN2O2/c19-13-7-5-11(6-8-13)17-21-16(18(22)23-17)9-12-10-20-15-4-2-1-3-14(12)15/h1-10,22H/b12-9+. The summed E-state index contributed by atoms with van der Waals surface area (Å²) >= 11 is 3.39. The highest BCUT2D eigenvalue weighted by molar-refractivity contribution is 9.10. The van der Waals surface area contributed by atoms with Crippen molar-refractivity contribution in [3.8, 4) is 17.4 Å². The maximum Gasteiger partial charge on any atom is 0.310 e. The molecule has 0 atom stereocenters. The number of allylic oxidation sites excluding steroid dienone is 1. The van der Waals surface area contributed by atoms with Crippen LogP contribution in [0.5, 0.6) is 5.95 Å². The fourth-order valence-electron chi connectivity index (χ4n) is 2.44. The van der Waals surface area contributed by atoms with Crippen molar-refractivity contribution in [2.24, 2.45) is 4.99 Å². The minimum atomic E-state index is -0.201. The second-order valence-electron chi connectivity index (χ2n) is 5.09. The normalized spacial score (nSPS) is 14.4. The summed E-state index contributed by atoms with van der Waals surface area (Å²) in [6, 6.07) is 15.4. The van der Waals surface area contributed by atoms with Gasteiger partial charge in [0.1, 0.15) is 5.69 Å². The number of hydrogen-bond donors (Lipinski definition) is 1. The smallest absolute Gasteiger partial charge is 0.310 e. The molecule has 0 aliphatic carbocycles. The zero-order valence-electron chi connectivity index (χ0n) is 11.9. The van der Waals surface area contributed by atoms with Crippen LogP contribution in [0.25, 0.3) is 23.1 Å². The van der Waals surface area contributed by atoms with Crippen LogP contribution in [-0.2, 0) is 0 Å². The molecule has 3 aromatic rings. The molecule has 0 bridgehead atoms. The van der Waals surface area contributed by atoms with Gasteiger partial charge in [0.05, 0.1) is 5.69 Å². The highest BCUT2D eigenvalue weighted by Gasteiger charge is 2.16. The average Bonchev–Trinajstić information content (AvgIpc) is 3.13. The number of aromatic nitrogens is 1. The van der Waals surface area contributed by atoms with E-state index in [1.807, 2.05) is 48.5 Å². The van der Waals surface area contributed by atoms with Crippen molar-refractivity contribution < 1.29 is 9.52 Å². The molecule has 1 aliphatic heterocycles. The van der Waals surface area contributed by atoms with Crippen molar-refractivity contribution in [3.05, 3.63) is 64.3 Å². The molecule has 5 heteroatoms. The summed E-state index contributed by atoms with van der Waals surface area (Å²) in [6.07, 6.45) is 3.54. The highest BCUT2D eigenvalue weighted by Crippen LogP contribution is 2.34. The van der Waals surface area contributed by atoms with Crippen molar-refractivity contribution in [2.75, 3.05) is 0 Å². The number of nitrogens with zero attached hydrogens (tertiary/aromatic N) is 2. The van der Waals surface area contributed by atoms with Crippen molar-refractivity contribution in [2.45, 2.75) is 0 Å². The van der Waals surface area contributed by atoms with Gasteiger partial charge >= 0.3 is 5.95 Å². The van der Waals surface area contributed by atoms with Crippen LogP contribution in [0.1, 0.15) is 11.3 Å². The van der Waals surface area contributed by atoms with Crippen LogP contribution in [0.4, 0.5) is 5.69 Å². The maximum absolute atomic E-state index is 10.0. The van der Waals surface area contributed by atoms with Crippen LogP contribution >= 0.6 is 15.9 Å². The highest BCUT2D eigenvalue weighted by atomic mass is 79.9. The third kappa shape index (κ3) is 2.59. The summed E-state index contributed by atoms with van der Waals surface area (Å²) in [5.41, 5.74) is 4.01. The van der Waals surface area contributed by atoms with E-state index in [0.29, 0.717) is 11.6 Å². The van der Waals surface area contributed by atoms with Gasteiger partial charge in [0.2, 0.25) is 5.89 Å². The number of aliphatic imine (C=N–C) groups is 1. The predicted octanol–water partition coefficient (Wildman–Crippen LogP) is 5.07. The quantitative estimate of drug-likeness (QED) is 0.688. The van der Waals surface area contributed by atoms with Crippen LogP contribution in [0.3, 0.4) is 0 Å². The number of para-hydroxylation sites is 1. The lowest BCUT2D eigenvalue weighted by atomic mass is 10.1. The van der Waals surface area contributed by atoms with Gasteiger partial charge in [0, 0.05) is 27.4 Å². The van der Waals surface area contributed by atoms with E-state index in [-0.39, 0.29) is 5.95 Å². The van der Waals surface area contributed by atoms with Gasteiger partial charge in [-0.15, -0.1) is 0 Å². The molecule has 1 N–H and O–H groups in total. The first-order valence-electron chi connectivity index (χ1n) is 7.01. The van der Waals surface area contributed by atoms with E-state index in [9.17, 15) is 5.11 Å². The minimum Gasteiger partial charge on any atom is -0.479 e. The van der Waals surface area contributed by atoms with E-state index in [1.54, 1.807) is 12.3 Å². The summed E-state index contributed by atoms with van der Waals surface area (Å²) in [6.45, 7) is 0. The van der Waals surface area contributed by atoms with Crippen LogP contribution in [-0.4, -0.2) is 16.3 Å². The first-order valence-corrected chi connectivity index (χ1v) is 7.81. The van der Waals surface area contributed by atoms with E-state index >= 15 is 0 Å². The molecule has 1 aliphatic rings. The van der Waals surface area contributed by atoms with Gasteiger partial charge in [-0.3, -0.25) is 4.99 Å². The average molecular weight is 367 g/mol. The SMILES string of the molecule is Oc1oc(-c2ccc(Br)cc2)nc1/C=C1\C=Nc2ccccc21. The van der Waals surface area contributed by atoms with E-state index in [0.717, 1.165) is 26.9 Å². The van der Waals surface area contributed by atoms with Gasteiger partial charge in [-0.1, -0.05) is 34.1 Å². The number of aromatic hydroxyl groups is 1. The van der Waals surface area contributed by atoms with Gasteiger partial charge in [-0.2, -0.15) is 0 Å². The molecule has 4 rings (SSSR count). The van der Waals surface area contributed by atoms with Crippen molar-refractivity contribution >= 4 is 39.5 Å². The Kier molecular flexibility index (Phi) is 3.35. The molecule has 0 saturated heterocycles. The predicted molar refractivity (Wildman–Crippen MR) is 93.8 cm³/mol. The van der Waals surface area contributed by atoms with Crippen LogP contribution in [0.2, 0.25) is 0 Å². The van der Waals surface area contributed by atoms with Gasteiger partial charge in [0.15, 0.2) is 0 Å². The molecule has 0 radical (unpaired) electrons. The maximum atomic E-state index is 10.0. The Morgan fingerprint density at radius 1 is 1.04 bits per heavy atom. The number of benzene rings is 2. The zero-order chi connectivity index (χ0) is 15.8. The van der Waals surface area contributed by atoms with E-state index in [2.05, 4.69) is 25.9 Å². The van der Waals surface area contributed by atoms with Crippen molar-refractivity contribution in [3.63, 3.8) is 0 Å². The molecular formula is C18H11BrN2O2. The minimum absolute atomic E-state index is 0.201. The molecule has 0 fully saturated rings. The molecule has 0 amide bonds. The van der Waals surface area contributed by atoms with Gasteiger partial charge < -0.3 is 9.52 Å². The van der Waals surface area contributed by atoms with E-state index < -0.39 is 0 Å². The lowest BCUT2D eigenvalue weighted by Gasteiger charge is -1.97. The molecule has 0 saturated carbocycles. The summed E-state index contributed by atoms with van der Waals surface area (Å²) in [5, 5.41) is 10.0.